The van der Waals surface area contributed by atoms with Gasteiger partial charge in [-0.15, -0.1) is 0 Å². The second kappa shape index (κ2) is 10.7. The minimum atomic E-state index is -0.634. The summed E-state index contributed by atoms with van der Waals surface area (Å²) in [7, 11) is 1.30. The Balaban J connectivity index is 2.27. The van der Waals surface area contributed by atoms with Crippen LogP contribution in [0.3, 0.4) is 0 Å². The fourth-order valence-electron chi connectivity index (χ4n) is 3.04. The fraction of sp³-hybridized carbons (Fsp3) is 0.500. The predicted octanol–water partition coefficient (Wildman–Crippen LogP) is 2.49. The molecule has 0 radical (unpaired) electrons. The number of alkyl carbamates (subject to hydrolysis) is 1. The maximum atomic E-state index is 13.6. The van der Waals surface area contributed by atoms with Crippen LogP contribution in [0.4, 0.5) is 4.79 Å². The van der Waals surface area contributed by atoms with Crippen LogP contribution >= 0.6 is 0 Å². The van der Waals surface area contributed by atoms with Gasteiger partial charge in [0.15, 0.2) is 0 Å². The molecular weight excluding hydrogens is 414 g/mol. The summed E-state index contributed by atoms with van der Waals surface area (Å²) in [6.45, 7) is 9.24. The Morgan fingerprint density at radius 3 is 2.44 bits per heavy atom. The summed E-state index contributed by atoms with van der Waals surface area (Å²) >= 11 is 0. The van der Waals surface area contributed by atoms with Crippen LogP contribution < -0.4 is 5.32 Å². The van der Waals surface area contributed by atoms with Crippen molar-refractivity contribution in [3.63, 3.8) is 0 Å². The molecular formula is C22H31N5O5. The lowest BCUT2D eigenvalue weighted by Gasteiger charge is -2.30. The average molecular weight is 446 g/mol. The molecule has 1 aromatic carbocycles. The lowest BCUT2D eigenvalue weighted by molar-refractivity contribution is -0.141. The Kier molecular flexibility index (Phi) is 8.34. The first-order valence-electron chi connectivity index (χ1n) is 10.3. The zero-order valence-electron chi connectivity index (χ0n) is 19.4. The molecule has 1 heterocycles. The number of carbonyl (C=O) groups excluding carboxylic acids is 3. The van der Waals surface area contributed by atoms with Gasteiger partial charge in [0.2, 0.25) is 0 Å². The molecule has 0 aliphatic rings. The molecule has 10 nitrogen and oxygen atoms in total. The van der Waals surface area contributed by atoms with E-state index in [0.717, 1.165) is 5.56 Å². The molecule has 1 N–H and O–H groups in total. The summed E-state index contributed by atoms with van der Waals surface area (Å²) < 4.78 is 10.0. The fourth-order valence-corrected chi connectivity index (χ4v) is 3.04. The molecule has 2 rings (SSSR count). The van der Waals surface area contributed by atoms with Gasteiger partial charge in [0.1, 0.15) is 5.60 Å². The summed E-state index contributed by atoms with van der Waals surface area (Å²) in [6, 6.07) is 4.90. The SMILES string of the molecule is COC(=O)CC(C)N(CCNC(=O)OC(C)(C)C)C(=O)c1cc(C)ccc1-n1nccn1. The predicted molar refractivity (Wildman–Crippen MR) is 117 cm³/mol. The molecule has 2 aromatic rings. The van der Waals surface area contributed by atoms with Crippen LogP contribution in [-0.4, -0.2) is 69.7 Å². The number of ether oxygens (including phenoxy) is 2. The van der Waals surface area contributed by atoms with E-state index in [2.05, 4.69) is 15.5 Å². The van der Waals surface area contributed by atoms with Gasteiger partial charge in [0.05, 0.1) is 37.2 Å². The molecule has 0 fully saturated rings. The largest absolute Gasteiger partial charge is 0.469 e. The number of nitrogens with one attached hydrogen (secondary N) is 1. The number of methoxy groups -OCH3 is 1. The van der Waals surface area contributed by atoms with Gasteiger partial charge in [0, 0.05) is 19.1 Å². The van der Waals surface area contributed by atoms with Crippen molar-refractivity contribution in [3.8, 4) is 5.69 Å². The molecule has 0 spiro atoms. The van der Waals surface area contributed by atoms with Gasteiger partial charge >= 0.3 is 12.1 Å². The van der Waals surface area contributed by atoms with E-state index in [1.54, 1.807) is 39.8 Å². The maximum Gasteiger partial charge on any atom is 0.407 e. The number of esters is 1. The van der Waals surface area contributed by atoms with E-state index < -0.39 is 23.7 Å². The van der Waals surface area contributed by atoms with Crippen molar-refractivity contribution in [2.75, 3.05) is 20.2 Å². The van der Waals surface area contributed by atoms with Crippen molar-refractivity contribution >= 4 is 18.0 Å². The maximum absolute atomic E-state index is 13.6. The first-order valence-corrected chi connectivity index (χ1v) is 10.3. The van der Waals surface area contributed by atoms with Gasteiger partial charge < -0.3 is 19.7 Å². The smallest absolute Gasteiger partial charge is 0.407 e. The topological polar surface area (TPSA) is 116 Å². The third-order valence-electron chi connectivity index (χ3n) is 4.52. The van der Waals surface area contributed by atoms with E-state index >= 15 is 0 Å². The second-order valence-corrected chi connectivity index (χ2v) is 8.40. The van der Waals surface area contributed by atoms with E-state index in [0.29, 0.717) is 11.3 Å². The summed E-state index contributed by atoms with van der Waals surface area (Å²) in [5.41, 5.74) is 1.15. The Hall–Kier alpha value is -3.43. The van der Waals surface area contributed by atoms with Crippen molar-refractivity contribution in [2.24, 2.45) is 0 Å². The number of aromatic nitrogens is 3. The molecule has 32 heavy (non-hydrogen) atoms. The molecule has 174 valence electrons. The minimum absolute atomic E-state index is 0.00977. The van der Waals surface area contributed by atoms with Crippen molar-refractivity contribution in [2.45, 2.75) is 52.7 Å². The van der Waals surface area contributed by atoms with Gasteiger partial charge in [-0.1, -0.05) is 11.6 Å². The highest BCUT2D eigenvalue weighted by molar-refractivity contribution is 5.98. The number of amides is 2. The third-order valence-corrected chi connectivity index (χ3v) is 4.52. The van der Waals surface area contributed by atoms with Gasteiger partial charge in [-0.25, -0.2) is 4.79 Å². The Morgan fingerprint density at radius 2 is 1.84 bits per heavy atom. The van der Waals surface area contributed by atoms with Gasteiger partial charge in [0.25, 0.3) is 5.91 Å². The van der Waals surface area contributed by atoms with Crippen LogP contribution in [0.1, 0.15) is 50.0 Å². The number of carbonyl (C=O) groups is 3. The lowest BCUT2D eigenvalue weighted by atomic mass is 10.1. The molecule has 0 aliphatic heterocycles. The summed E-state index contributed by atoms with van der Waals surface area (Å²) in [4.78, 5) is 40.3. The van der Waals surface area contributed by atoms with Crippen LogP contribution in [0.2, 0.25) is 0 Å². The number of rotatable bonds is 8. The minimum Gasteiger partial charge on any atom is -0.469 e. The van der Waals surface area contributed by atoms with Gasteiger partial charge in [-0.05, 0) is 46.8 Å². The van der Waals surface area contributed by atoms with Crippen LogP contribution in [0, 0.1) is 6.92 Å². The number of hydrogen-bond acceptors (Lipinski definition) is 7. The molecule has 1 atom stereocenters. The Bertz CT molecular complexity index is 937. The molecule has 0 saturated carbocycles. The quantitative estimate of drug-likeness (QED) is 0.621. The van der Waals surface area contributed by atoms with Crippen molar-refractivity contribution in [1.29, 1.82) is 0 Å². The zero-order chi connectivity index (χ0) is 23.9. The molecule has 2 amide bonds. The van der Waals surface area contributed by atoms with Gasteiger partial charge in [-0.2, -0.15) is 15.0 Å². The average Bonchev–Trinajstić information content (AvgIpc) is 3.23. The molecule has 1 aromatic heterocycles. The monoisotopic (exact) mass is 445 g/mol. The lowest BCUT2D eigenvalue weighted by Crippen LogP contribution is -2.45. The van der Waals surface area contributed by atoms with Crippen LogP contribution in [-0.2, 0) is 14.3 Å². The van der Waals surface area contributed by atoms with Crippen molar-refractivity contribution in [1.82, 2.24) is 25.2 Å². The van der Waals surface area contributed by atoms with Crippen molar-refractivity contribution in [3.05, 3.63) is 41.7 Å². The highest BCUT2D eigenvalue weighted by atomic mass is 16.6. The summed E-state index contributed by atoms with van der Waals surface area (Å²) in [6.07, 6.45) is 2.48. The van der Waals surface area contributed by atoms with E-state index in [1.165, 1.54) is 29.2 Å². The normalized spacial score (nSPS) is 12.1. The standard InChI is InChI=1S/C22H31N5O5/c1-15-7-8-18(27-24-9-10-25-27)17(13-15)20(29)26(16(2)14-19(28)31-6)12-11-23-21(30)32-22(3,4)5/h7-10,13,16H,11-12,14H2,1-6H3,(H,23,30). The number of hydrogen-bond donors (Lipinski definition) is 1. The molecule has 10 heteroatoms. The first kappa shape index (κ1) is 24.8. The molecule has 1 unspecified atom stereocenters. The zero-order valence-corrected chi connectivity index (χ0v) is 19.4. The van der Waals surface area contributed by atoms with E-state index in [-0.39, 0.29) is 25.4 Å². The van der Waals surface area contributed by atoms with Crippen LogP contribution in [0.5, 0.6) is 0 Å². The first-order chi connectivity index (χ1) is 15.0. The van der Waals surface area contributed by atoms with E-state index in [4.69, 9.17) is 9.47 Å². The molecule has 0 saturated heterocycles. The Labute approximate surface area is 187 Å². The highest BCUT2D eigenvalue weighted by Crippen LogP contribution is 2.19. The number of aryl methyl sites for hydroxylation is 1. The molecule has 0 aliphatic carbocycles. The molecule has 0 bridgehead atoms. The second-order valence-electron chi connectivity index (χ2n) is 8.40. The van der Waals surface area contributed by atoms with Crippen molar-refractivity contribution < 1.29 is 23.9 Å². The Morgan fingerprint density at radius 1 is 1.19 bits per heavy atom. The number of benzene rings is 1. The van der Waals surface area contributed by atoms with E-state index in [1.807, 2.05) is 13.0 Å². The van der Waals surface area contributed by atoms with Crippen LogP contribution in [0.25, 0.3) is 5.69 Å². The van der Waals surface area contributed by atoms with E-state index in [9.17, 15) is 14.4 Å². The third kappa shape index (κ3) is 7.07. The summed E-state index contributed by atoms with van der Waals surface area (Å²) in [5, 5.41) is 10.9. The van der Waals surface area contributed by atoms with Crippen LogP contribution in [0.15, 0.2) is 30.6 Å². The summed E-state index contributed by atoms with van der Waals surface area (Å²) in [5.74, 6) is -0.753. The highest BCUT2D eigenvalue weighted by Gasteiger charge is 2.27. The number of nitrogens with zero attached hydrogens (tertiary/aromatic N) is 4. The van der Waals surface area contributed by atoms with Gasteiger partial charge in [-0.3, -0.25) is 9.59 Å².